The summed E-state index contributed by atoms with van der Waals surface area (Å²) in [6.45, 7) is 9.80. The summed E-state index contributed by atoms with van der Waals surface area (Å²) < 4.78 is 31.6. The lowest BCUT2D eigenvalue weighted by atomic mass is 9.95. The van der Waals surface area contributed by atoms with Crippen LogP contribution in [0.4, 0.5) is 0 Å². The van der Waals surface area contributed by atoms with E-state index in [1.807, 2.05) is 50.2 Å². The number of aromatic hydroxyl groups is 7. The topological polar surface area (TPSA) is 299 Å². The molecule has 0 saturated heterocycles. The maximum absolute atomic E-state index is 13.6. The van der Waals surface area contributed by atoms with Crippen LogP contribution in [0.3, 0.4) is 0 Å². The van der Waals surface area contributed by atoms with Gasteiger partial charge in [0, 0.05) is 53.0 Å². The first-order valence-electron chi connectivity index (χ1n) is 29.7. The van der Waals surface area contributed by atoms with Gasteiger partial charge in [-0.3, -0.25) is 28.8 Å². The Morgan fingerprint density at radius 2 is 0.606 bits per heavy atom. The first-order valence-corrected chi connectivity index (χ1v) is 32.2. The van der Waals surface area contributed by atoms with Gasteiger partial charge in [0.2, 0.25) is 17.3 Å². The summed E-state index contributed by atoms with van der Waals surface area (Å²) >= 11 is 3.74. The number of hydrogen-bond acceptors (Lipinski definition) is 22. The third kappa shape index (κ3) is 15.8. The van der Waals surface area contributed by atoms with Crippen molar-refractivity contribution in [1.82, 2.24) is 0 Å². The second-order valence-corrected chi connectivity index (χ2v) is 25.2. The molecule has 0 aliphatic heterocycles. The van der Waals surface area contributed by atoms with Gasteiger partial charge in [-0.1, -0.05) is 48.5 Å². The van der Waals surface area contributed by atoms with E-state index in [1.54, 1.807) is 136 Å². The zero-order chi connectivity index (χ0) is 70.6. The van der Waals surface area contributed by atoms with Gasteiger partial charge in [-0.15, -0.1) is 34.0 Å². The fraction of sp³-hybridized carbons (Fsp3) is 0.0649. The molecule has 12 aromatic rings. The Morgan fingerprint density at radius 3 is 0.879 bits per heavy atom. The number of ether oxygens (including phenoxy) is 6. The molecule has 3 aromatic heterocycles. The number of aryl methyl sites for hydroxylation is 5. The number of rotatable bonds is 21. The highest BCUT2D eigenvalue weighted by Gasteiger charge is 2.29. The van der Waals surface area contributed by atoms with Crippen molar-refractivity contribution in [3.63, 3.8) is 0 Å². The predicted octanol–water partition coefficient (Wildman–Crippen LogP) is 16.9. The summed E-state index contributed by atoms with van der Waals surface area (Å²) in [6.07, 6.45) is 7.04. The van der Waals surface area contributed by atoms with Crippen LogP contribution in [-0.4, -0.2) is 72.5 Å². The normalized spacial score (nSPS) is 11.1. The molecular formula is C77H58O19S3. The smallest absolute Gasteiger partial charge is 0.298 e. The van der Waals surface area contributed by atoms with Gasteiger partial charge in [-0.05, 0) is 188 Å². The third-order valence-electron chi connectivity index (χ3n) is 15.1. The minimum absolute atomic E-state index is 0.0585. The number of thiophene rings is 3. The minimum atomic E-state index is -0.394. The van der Waals surface area contributed by atoms with E-state index in [0.717, 1.165) is 78.2 Å². The zero-order valence-electron chi connectivity index (χ0n) is 53.0. The van der Waals surface area contributed by atoms with Crippen LogP contribution in [0.25, 0.3) is 63.6 Å². The molecule has 0 atom stereocenters. The molecule has 0 aliphatic carbocycles. The van der Waals surface area contributed by atoms with E-state index >= 15 is 0 Å². The van der Waals surface area contributed by atoms with Crippen molar-refractivity contribution in [2.24, 2.45) is 0 Å². The highest BCUT2D eigenvalue weighted by molar-refractivity contribution is 7.22. The predicted molar refractivity (Wildman–Crippen MR) is 377 cm³/mol. The van der Waals surface area contributed by atoms with Gasteiger partial charge in [0.1, 0.15) is 95.1 Å². The molecule has 0 saturated carbocycles. The van der Waals surface area contributed by atoms with Crippen molar-refractivity contribution in [2.75, 3.05) is 0 Å². The maximum Gasteiger partial charge on any atom is 0.298 e. The van der Waals surface area contributed by atoms with Gasteiger partial charge < -0.3 is 64.2 Å². The fourth-order valence-corrected chi connectivity index (χ4v) is 14.7. The second-order valence-electron chi connectivity index (χ2n) is 22.0. The summed E-state index contributed by atoms with van der Waals surface area (Å²) in [5.41, 5.74) is 8.55. The molecule has 3 heterocycles. The molecule has 0 spiro atoms. The van der Waals surface area contributed by atoms with Gasteiger partial charge in [-0.25, -0.2) is 0 Å². The van der Waals surface area contributed by atoms with Crippen LogP contribution < -0.4 is 14.2 Å². The Labute approximate surface area is 576 Å². The number of fused-ring (bicyclic) bond motifs is 3. The molecule has 0 fully saturated rings. The lowest BCUT2D eigenvalue weighted by Gasteiger charge is -2.10. The monoisotopic (exact) mass is 1380 g/mol. The van der Waals surface area contributed by atoms with E-state index < -0.39 is 5.78 Å². The van der Waals surface area contributed by atoms with E-state index in [1.165, 1.54) is 58.9 Å². The summed E-state index contributed by atoms with van der Waals surface area (Å²) in [5, 5.41) is 73.4. The van der Waals surface area contributed by atoms with E-state index in [2.05, 4.69) is 14.2 Å². The molecule has 19 nitrogen and oxygen atoms in total. The molecule has 0 radical (unpaired) electrons. The highest BCUT2D eigenvalue weighted by Crippen LogP contribution is 2.47. The van der Waals surface area contributed by atoms with Crippen molar-refractivity contribution < 1.29 is 92.9 Å². The van der Waals surface area contributed by atoms with Crippen LogP contribution in [0.5, 0.6) is 57.5 Å². The Morgan fingerprint density at radius 1 is 0.323 bits per heavy atom. The second kappa shape index (κ2) is 30.9. The average molecular weight is 1380 g/mol. The van der Waals surface area contributed by atoms with Crippen molar-refractivity contribution in [3.05, 3.63) is 261 Å². The molecule has 7 N–H and O–H groups in total. The number of phenolic OH excluding ortho intramolecular Hbond substituents is 7. The lowest BCUT2D eigenvalue weighted by molar-refractivity contribution is -0.124. The van der Waals surface area contributed by atoms with Crippen molar-refractivity contribution >= 4 is 101 Å². The van der Waals surface area contributed by atoms with Crippen LogP contribution in [0.1, 0.15) is 73.5 Å². The summed E-state index contributed by atoms with van der Waals surface area (Å²) in [5.74, 6) is 0.292. The fourth-order valence-electron chi connectivity index (χ4n) is 11.1. The molecule has 0 unspecified atom stereocenters. The Balaban J connectivity index is 0.000000161. The van der Waals surface area contributed by atoms with E-state index in [9.17, 15) is 64.5 Å². The molecule has 99 heavy (non-hydrogen) atoms. The molecule has 12 rings (SSSR count). The molecule has 0 amide bonds. The quantitative estimate of drug-likeness (QED) is 0.0152. The summed E-state index contributed by atoms with van der Waals surface area (Å²) in [6, 6.07) is 45.4. The van der Waals surface area contributed by atoms with Crippen molar-refractivity contribution in [1.29, 1.82) is 0 Å². The molecular weight excluding hydrogens is 1330 g/mol. The van der Waals surface area contributed by atoms with E-state index in [-0.39, 0.29) is 87.9 Å². The van der Waals surface area contributed by atoms with E-state index in [0.29, 0.717) is 70.0 Å². The minimum Gasteiger partial charge on any atom is -0.508 e. The Kier molecular flexibility index (Phi) is 21.7. The Bertz CT molecular complexity index is 4590. The van der Waals surface area contributed by atoms with Crippen molar-refractivity contribution in [2.45, 2.75) is 34.6 Å². The van der Waals surface area contributed by atoms with Gasteiger partial charge >= 0.3 is 0 Å². The molecule has 22 heteroatoms. The first-order chi connectivity index (χ1) is 47.7. The number of hydrogen-bond donors (Lipinski definition) is 7. The standard InChI is InChI=1S/2C26H20O6S.C25H18O7S/c2*1-15-11-16(2)23(21(29)12-15)25(30)26-24(20-8-5-18(28)13-22(20)33-26)17-3-6-19(7-4-17)32-10-9-31-14-27;1-14-10-17(28)11-20(29)22(14)24(30)25-23(19-7-4-16(27)12-21(19)33-25)15-2-5-18(6-3-15)32-9-8-31-13-26/h2*3-14,28-29H,1-2H3;2-13,27-29H,1H3/b2*10-9+;9-8+. The van der Waals surface area contributed by atoms with Crippen LogP contribution in [0, 0.1) is 34.6 Å². The van der Waals surface area contributed by atoms with Gasteiger partial charge in [0.05, 0.1) is 31.3 Å². The maximum atomic E-state index is 13.6. The van der Waals surface area contributed by atoms with Crippen LogP contribution in [0.15, 0.2) is 201 Å². The van der Waals surface area contributed by atoms with E-state index in [4.69, 9.17) is 14.2 Å². The molecule has 9 aromatic carbocycles. The van der Waals surface area contributed by atoms with Crippen molar-refractivity contribution in [3.8, 4) is 90.9 Å². The number of benzene rings is 9. The third-order valence-corrected chi connectivity index (χ3v) is 18.6. The SMILES string of the molecule is Cc1cc(C)c(C(=O)c2sc3cc(O)ccc3c2-c2ccc(O/C=C/OC=O)cc2)c(O)c1.Cc1cc(C)c(C(=O)c2sc3cc(O)ccc3c2-c2ccc(O/C=C/OC=O)cc2)c(O)c1.Cc1cc(O)cc(O)c1C(=O)c1sc2cc(O)ccc2c1-c1ccc(O/C=C/OC=O)cc1. The van der Waals surface area contributed by atoms with Crippen LogP contribution in [-0.2, 0) is 28.6 Å². The van der Waals surface area contributed by atoms with Crippen LogP contribution in [0.2, 0.25) is 0 Å². The number of ketones is 3. The number of carbonyl (C=O) groups is 6. The summed E-state index contributed by atoms with van der Waals surface area (Å²) in [4.78, 5) is 72.6. The van der Waals surface area contributed by atoms with Crippen LogP contribution >= 0.6 is 34.0 Å². The number of phenols is 7. The Hall–Kier alpha value is -12.5. The van der Waals surface area contributed by atoms with Gasteiger partial charge in [-0.2, -0.15) is 0 Å². The molecule has 0 aliphatic rings. The molecule has 0 bridgehead atoms. The largest absolute Gasteiger partial charge is 0.508 e. The molecule has 498 valence electrons. The zero-order valence-corrected chi connectivity index (χ0v) is 55.5. The lowest BCUT2D eigenvalue weighted by Crippen LogP contribution is -2.04. The highest BCUT2D eigenvalue weighted by atomic mass is 32.1. The van der Waals surface area contributed by atoms with Gasteiger partial charge in [0.25, 0.3) is 19.4 Å². The summed E-state index contributed by atoms with van der Waals surface area (Å²) in [7, 11) is 0. The first kappa shape index (κ1) is 69.3. The average Bonchev–Trinajstić information content (AvgIpc) is 1.64. The number of carbonyl (C=O) groups excluding carboxylic acids is 6. The van der Waals surface area contributed by atoms with Gasteiger partial charge in [0.15, 0.2) is 0 Å².